The monoisotopic (exact) mass is 620 g/mol. The van der Waals surface area contributed by atoms with Crippen LogP contribution in [0, 0.1) is 28.4 Å². The highest BCUT2D eigenvalue weighted by molar-refractivity contribution is 7.07. The number of nitrogens with zero attached hydrogens (tertiary/aromatic N) is 2. The van der Waals surface area contributed by atoms with Crippen molar-refractivity contribution in [3.8, 4) is 6.07 Å². The zero-order valence-electron chi connectivity index (χ0n) is 22.4. The highest BCUT2D eigenvalue weighted by atomic mass is 35.5. The second-order valence-corrected chi connectivity index (χ2v) is 12.8. The minimum atomic E-state index is -1.82. The molecule has 0 saturated carbocycles. The van der Waals surface area contributed by atoms with Crippen LogP contribution in [0.5, 0.6) is 0 Å². The Kier molecular flexibility index (Phi) is 9.04. The summed E-state index contributed by atoms with van der Waals surface area (Å²) in [6, 6.07) is 6.79. The van der Waals surface area contributed by atoms with Crippen molar-refractivity contribution < 1.29 is 23.5 Å². The molecule has 1 saturated heterocycles. The van der Waals surface area contributed by atoms with Crippen LogP contribution < -0.4 is 10.6 Å². The first-order valence-corrected chi connectivity index (χ1v) is 14.5. The number of carbonyl (C=O) groups is 2. The van der Waals surface area contributed by atoms with Gasteiger partial charge in [-0.15, -0.1) is 11.3 Å². The average molecular weight is 622 g/mol. The molecule has 0 spiro atoms. The largest absolute Gasteiger partial charge is 0.480 e. The molecule has 1 aliphatic rings. The summed E-state index contributed by atoms with van der Waals surface area (Å²) in [7, 11) is 0. The van der Waals surface area contributed by atoms with Gasteiger partial charge in [0.05, 0.1) is 28.3 Å². The maximum absolute atomic E-state index is 15.7. The lowest BCUT2D eigenvalue weighted by atomic mass is 9.62. The van der Waals surface area contributed by atoms with E-state index in [-0.39, 0.29) is 34.0 Å². The molecular weight excluding hydrogens is 593 g/mol. The van der Waals surface area contributed by atoms with Crippen LogP contribution in [0.1, 0.15) is 49.9 Å². The van der Waals surface area contributed by atoms with E-state index in [1.807, 2.05) is 20.8 Å². The minimum Gasteiger partial charge on any atom is -0.480 e. The van der Waals surface area contributed by atoms with E-state index in [9.17, 15) is 20.0 Å². The van der Waals surface area contributed by atoms with E-state index in [2.05, 4.69) is 21.7 Å². The van der Waals surface area contributed by atoms with Crippen molar-refractivity contribution in [3.63, 3.8) is 0 Å². The van der Waals surface area contributed by atoms with Crippen LogP contribution in [0.15, 0.2) is 47.3 Å². The Bertz CT molecular complexity index is 1490. The third kappa shape index (κ3) is 6.24. The Morgan fingerprint density at radius 2 is 2.00 bits per heavy atom. The van der Waals surface area contributed by atoms with Gasteiger partial charge >= 0.3 is 5.97 Å². The number of benzene rings is 2. The summed E-state index contributed by atoms with van der Waals surface area (Å²) in [5, 5.41) is 28.0. The van der Waals surface area contributed by atoms with Gasteiger partial charge in [-0.2, -0.15) is 5.26 Å². The normalized spacial score (nSPS) is 23.1. The number of rotatable bonds is 8. The second-order valence-electron chi connectivity index (χ2n) is 11.3. The van der Waals surface area contributed by atoms with E-state index in [0.29, 0.717) is 5.69 Å². The number of hydrogen-bond acceptors (Lipinski definition) is 6. The molecular formula is C29H28Cl2F2N4O3S. The van der Waals surface area contributed by atoms with E-state index in [4.69, 9.17) is 23.2 Å². The third-order valence-electron chi connectivity index (χ3n) is 7.24. The van der Waals surface area contributed by atoms with Crippen molar-refractivity contribution in [2.24, 2.45) is 5.41 Å². The van der Waals surface area contributed by atoms with E-state index < -0.39 is 58.4 Å². The van der Waals surface area contributed by atoms with Crippen LogP contribution in [-0.2, 0) is 21.4 Å². The van der Waals surface area contributed by atoms with Crippen LogP contribution in [0.4, 0.5) is 8.78 Å². The molecule has 0 aliphatic carbocycles. The summed E-state index contributed by atoms with van der Waals surface area (Å²) in [5.41, 5.74) is -0.361. The molecule has 0 bridgehead atoms. The summed E-state index contributed by atoms with van der Waals surface area (Å²) in [5.74, 6) is -5.04. The van der Waals surface area contributed by atoms with Crippen LogP contribution in [0.25, 0.3) is 0 Å². The van der Waals surface area contributed by atoms with Gasteiger partial charge in [0, 0.05) is 34.3 Å². The maximum Gasteiger partial charge on any atom is 0.326 e. The fourth-order valence-electron chi connectivity index (χ4n) is 5.57. The molecule has 0 radical (unpaired) electrons. The molecule has 1 aliphatic heterocycles. The summed E-state index contributed by atoms with van der Waals surface area (Å²) >= 11 is 13.5. The average Bonchev–Trinajstić information content (AvgIpc) is 3.51. The van der Waals surface area contributed by atoms with Gasteiger partial charge in [0.1, 0.15) is 23.1 Å². The molecule has 41 heavy (non-hydrogen) atoms. The van der Waals surface area contributed by atoms with Gasteiger partial charge in [0.2, 0.25) is 5.91 Å². The topological polar surface area (TPSA) is 115 Å². The molecule has 12 heteroatoms. The lowest BCUT2D eigenvalue weighted by molar-refractivity contribution is -0.142. The molecule has 3 aromatic rings. The van der Waals surface area contributed by atoms with Crippen LogP contribution in [0.2, 0.25) is 10.0 Å². The molecule has 1 amide bonds. The number of carboxylic acid groups (broad SMARTS) is 1. The predicted molar refractivity (Wildman–Crippen MR) is 153 cm³/mol. The Hall–Kier alpha value is -3.10. The maximum atomic E-state index is 15.7. The summed E-state index contributed by atoms with van der Waals surface area (Å²) in [4.78, 5) is 30.1. The van der Waals surface area contributed by atoms with E-state index in [0.717, 1.165) is 6.07 Å². The highest BCUT2D eigenvalue weighted by Crippen LogP contribution is 2.52. The first kappa shape index (κ1) is 30.8. The Morgan fingerprint density at radius 1 is 1.27 bits per heavy atom. The van der Waals surface area contributed by atoms with Crippen molar-refractivity contribution in [2.75, 3.05) is 0 Å². The Balaban J connectivity index is 1.91. The Morgan fingerprint density at radius 3 is 2.59 bits per heavy atom. The van der Waals surface area contributed by atoms with Gasteiger partial charge in [0.25, 0.3) is 0 Å². The third-order valence-corrected chi connectivity index (χ3v) is 8.41. The number of amides is 1. The number of halogens is 4. The van der Waals surface area contributed by atoms with Gasteiger partial charge in [-0.3, -0.25) is 4.79 Å². The van der Waals surface area contributed by atoms with E-state index >= 15 is 8.78 Å². The number of aliphatic carboxylic acids is 1. The summed E-state index contributed by atoms with van der Waals surface area (Å²) < 4.78 is 31.4. The van der Waals surface area contributed by atoms with Gasteiger partial charge in [0.15, 0.2) is 0 Å². The summed E-state index contributed by atoms with van der Waals surface area (Å²) in [6.07, 6.45) is 0.195. The molecule has 1 aromatic heterocycles. The first-order valence-electron chi connectivity index (χ1n) is 12.8. The van der Waals surface area contributed by atoms with Gasteiger partial charge < -0.3 is 15.7 Å². The molecule has 3 N–H and O–H groups in total. The lowest BCUT2D eigenvalue weighted by Crippen LogP contribution is -2.51. The van der Waals surface area contributed by atoms with Crippen molar-refractivity contribution in [1.29, 1.82) is 5.26 Å². The number of nitrogens with one attached hydrogen (secondary N) is 2. The molecule has 0 unspecified atom stereocenters. The smallest absolute Gasteiger partial charge is 0.326 e. The van der Waals surface area contributed by atoms with Crippen molar-refractivity contribution in [3.05, 3.63) is 85.8 Å². The van der Waals surface area contributed by atoms with Crippen molar-refractivity contribution in [1.82, 2.24) is 15.6 Å². The van der Waals surface area contributed by atoms with Gasteiger partial charge in [-0.1, -0.05) is 62.2 Å². The second kappa shape index (κ2) is 12.0. The van der Waals surface area contributed by atoms with E-state index in [1.165, 1.54) is 41.7 Å². The zero-order chi connectivity index (χ0) is 30.1. The number of carboxylic acids is 1. The minimum absolute atomic E-state index is 0.0666. The molecule has 1 fully saturated rings. The fraction of sp³-hybridized carbons (Fsp3) is 0.379. The fourth-order valence-corrected chi connectivity index (χ4v) is 6.48. The molecule has 5 atom stereocenters. The number of aromatic nitrogens is 1. The van der Waals surface area contributed by atoms with Crippen molar-refractivity contribution >= 4 is 46.4 Å². The Labute approximate surface area is 250 Å². The van der Waals surface area contributed by atoms with Gasteiger partial charge in [-0.05, 0) is 35.6 Å². The van der Waals surface area contributed by atoms with Crippen LogP contribution >= 0.6 is 34.5 Å². The lowest BCUT2D eigenvalue weighted by Gasteiger charge is -2.37. The molecule has 7 nitrogen and oxygen atoms in total. The van der Waals surface area contributed by atoms with Crippen LogP contribution in [-0.4, -0.2) is 40.1 Å². The highest BCUT2D eigenvalue weighted by Gasteiger charge is 2.61. The quantitative estimate of drug-likeness (QED) is 0.290. The molecule has 4 rings (SSSR count). The SMILES string of the molecule is CC(C)(C)C[C@@H]1N[C@@H](C(=O)N[C@@H](Cc2cscn2)C(=O)O)[C@H](c2cccc(Cl)c2F)[C@@]1(C#N)c1ccc(Cl)cc1F. The molecule has 216 valence electrons. The first-order chi connectivity index (χ1) is 19.3. The van der Waals surface area contributed by atoms with Crippen LogP contribution in [0.3, 0.4) is 0 Å². The number of hydrogen-bond donors (Lipinski definition) is 3. The molecule has 2 aromatic carbocycles. The van der Waals surface area contributed by atoms with Gasteiger partial charge in [-0.25, -0.2) is 18.6 Å². The van der Waals surface area contributed by atoms with E-state index in [1.54, 1.807) is 10.9 Å². The van der Waals surface area contributed by atoms with Crippen molar-refractivity contribution in [2.45, 2.75) is 63.1 Å². The zero-order valence-corrected chi connectivity index (χ0v) is 24.7. The predicted octanol–water partition coefficient (Wildman–Crippen LogP) is 5.86. The summed E-state index contributed by atoms with van der Waals surface area (Å²) in [6.45, 7) is 5.77. The standard InChI is InChI=1S/C29H28Cl2F2N4O3S/c1-28(2,3)11-22-29(13-34,18-8-7-15(30)9-20(18)32)23(17-5-4-6-19(31)24(17)33)25(37-22)26(38)36-21(27(39)40)10-16-12-41-14-35-16/h4-9,12,14,21-23,25,37H,10-11H2,1-3H3,(H,36,38)(H,39,40)/t21-,22-,23-,25+,29-/m0/s1. The number of nitriles is 1. The number of carbonyl (C=O) groups excluding carboxylic acids is 1. The molecule has 2 heterocycles. The number of thiazole rings is 1.